The maximum absolute atomic E-state index is 12.5. The van der Waals surface area contributed by atoms with E-state index < -0.39 is 6.04 Å². The van der Waals surface area contributed by atoms with E-state index in [0.29, 0.717) is 0 Å². The number of hydrogen-bond donors (Lipinski definition) is 2. The van der Waals surface area contributed by atoms with Crippen molar-refractivity contribution in [3.63, 3.8) is 0 Å². The van der Waals surface area contributed by atoms with Crippen molar-refractivity contribution in [3.8, 4) is 5.75 Å². The highest BCUT2D eigenvalue weighted by Crippen LogP contribution is 2.27. The van der Waals surface area contributed by atoms with Crippen molar-refractivity contribution >= 4 is 39.4 Å². The van der Waals surface area contributed by atoms with Crippen LogP contribution in [0.15, 0.2) is 84.0 Å². The van der Waals surface area contributed by atoms with Crippen LogP contribution in [0.3, 0.4) is 0 Å². The summed E-state index contributed by atoms with van der Waals surface area (Å²) in [5.41, 5.74) is 4.47. The van der Waals surface area contributed by atoms with Gasteiger partial charge in [0.05, 0.1) is 13.3 Å². The van der Waals surface area contributed by atoms with E-state index in [1.807, 2.05) is 48.5 Å². The van der Waals surface area contributed by atoms with Crippen LogP contribution in [0.1, 0.15) is 12.5 Å². The molecular weight excluding hydrogens is 374 g/mol. The number of hydrazone groups is 1. The predicted molar refractivity (Wildman–Crippen MR) is 123 cm³/mol. The second-order valence-corrected chi connectivity index (χ2v) is 7.06. The van der Waals surface area contributed by atoms with Crippen molar-refractivity contribution in [3.05, 3.63) is 84.4 Å². The van der Waals surface area contributed by atoms with Gasteiger partial charge in [-0.25, -0.2) is 5.43 Å². The normalized spacial score (nSPS) is 12.2. The molecule has 1 atom stereocenters. The van der Waals surface area contributed by atoms with Crippen molar-refractivity contribution in [2.75, 3.05) is 12.4 Å². The fourth-order valence-corrected chi connectivity index (χ4v) is 3.45. The average molecular weight is 397 g/mol. The number of ether oxygens (including phenoxy) is 1. The minimum Gasteiger partial charge on any atom is -0.497 e. The van der Waals surface area contributed by atoms with Crippen molar-refractivity contribution < 1.29 is 9.53 Å². The Labute approximate surface area is 175 Å². The standard InChI is InChI=1S/C25H23N3O2/c1-17(27-20-11-13-21(30-2)14-12-20)25(29)28-26-16-24-22-9-5-3-7-18(22)15-19-8-4-6-10-23(19)24/h3-17,27H,1-2H3,(H,28,29). The molecule has 2 N–H and O–H groups in total. The lowest BCUT2D eigenvalue weighted by Crippen LogP contribution is -2.34. The molecule has 0 heterocycles. The van der Waals surface area contributed by atoms with Crippen LogP contribution in [-0.2, 0) is 4.79 Å². The highest BCUT2D eigenvalue weighted by Gasteiger charge is 2.12. The second-order valence-electron chi connectivity index (χ2n) is 7.06. The van der Waals surface area contributed by atoms with E-state index >= 15 is 0 Å². The number of rotatable bonds is 6. The van der Waals surface area contributed by atoms with Gasteiger partial charge in [-0.15, -0.1) is 0 Å². The number of nitrogens with zero attached hydrogens (tertiary/aromatic N) is 1. The maximum atomic E-state index is 12.5. The maximum Gasteiger partial charge on any atom is 0.262 e. The van der Waals surface area contributed by atoms with Crippen molar-refractivity contribution in [2.45, 2.75) is 13.0 Å². The summed E-state index contributed by atoms with van der Waals surface area (Å²) in [7, 11) is 1.62. The van der Waals surface area contributed by atoms with Gasteiger partial charge in [0.25, 0.3) is 5.91 Å². The second kappa shape index (κ2) is 8.66. The minimum atomic E-state index is -0.445. The van der Waals surface area contributed by atoms with E-state index in [4.69, 9.17) is 4.74 Å². The lowest BCUT2D eigenvalue weighted by molar-refractivity contribution is -0.121. The van der Waals surface area contributed by atoms with Crippen LogP contribution in [0.4, 0.5) is 5.69 Å². The molecule has 0 fully saturated rings. The Morgan fingerprint density at radius 1 is 0.933 bits per heavy atom. The molecule has 1 amide bonds. The van der Waals surface area contributed by atoms with Crippen LogP contribution in [0, 0.1) is 0 Å². The van der Waals surface area contributed by atoms with Crippen molar-refractivity contribution in [1.82, 2.24) is 5.43 Å². The molecule has 0 aliphatic rings. The molecule has 1 unspecified atom stereocenters. The fraction of sp³-hybridized carbons (Fsp3) is 0.120. The molecule has 0 bridgehead atoms. The van der Waals surface area contributed by atoms with Gasteiger partial charge in [0.1, 0.15) is 11.8 Å². The van der Waals surface area contributed by atoms with Crippen molar-refractivity contribution in [1.29, 1.82) is 0 Å². The number of methoxy groups -OCH3 is 1. The molecule has 0 aliphatic carbocycles. The molecule has 5 nitrogen and oxygen atoms in total. The molecule has 5 heteroatoms. The molecule has 4 rings (SSSR count). The van der Waals surface area contributed by atoms with Crippen molar-refractivity contribution in [2.24, 2.45) is 5.10 Å². The number of benzene rings is 4. The fourth-order valence-electron chi connectivity index (χ4n) is 3.45. The van der Waals surface area contributed by atoms with Crippen LogP contribution < -0.4 is 15.5 Å². The third kappa shape index (κ3) is 4.10. The summed E-state index contributed by atoms with van der Waals surface area (Å²) in [5.74, 6) is 0.552. The Kier molecular flexibility index (Phi) is 5.61. The molecule has 150 valence electrons. The Bertz CT molecular complexity index is 1160. The highest BCUT2D eigenvalue weighted by atomic mass is 16.5. The van der Waals surface area contributed by atoms with Crippen LogP contribution in [0.5, 0.6) is 5.75 Å². The van der Waals surface area contributed by atoms with Gasteiger partial charge in [-0.1, -0.05) is 48.5 Å². The first-order chi connectivity index (χ1) is 14.7. The molecule has 0 aliphatic heterocycles. The number of fused-ring (bicyclic) bond motifs is 2. The Balaban J connectivity index is 1.52. The lowest BCUT2D eigenvalue weighted by atomic mass is 9.97. The monoisotopic (exact) mass is 397 g/mol. The molecule has 4 aromatic rings. The molecule has 0 aromatic heterocycles. The van der Waals surface area contributed by atoms with Gasteiger partial charge >= 0.3 is 0 Å². The number of nitrogens with one attached hydrogen (secondary N) is 2. The predicted octanol–water partition coefficient (Wildman–Crippen LogP) is 4.95. The summed E-state index contributed by atoms with van der Waals surface area (Å²) in [5, 5.41) is 11.9. The zero-order chi connectivity index (χ0) is 20.9. The van der Waals surface area contributed by atoms with Gasteiger partial charge in [-0.3, -0.25) is 4.79 Å². The number of carbonyl (C=O) groups is 1. The smallest absolute Gasteiger partial charge is 0.262 e. The SMILES string of the molecule is COc1ccc(NC(C)C(=O)NN=Cc2c3ccccc3cc3ccccc23)cc1. The summed E-state index contributed by atoms with van der Waals surface area (Å²) >= 11 is 0. The molecular formula is C25H23N3O2. The van der Waals surface area contributed by atoms with Gasteiger partial charge in [0.15, 0.2) is 0 Å². The quantitative estimate of drug-likeness (QED) is 0.275. The van der Waals surface area contributed by atoms with Gasteiger partial charge in [-0.05, 0) is 58.8 Å². The van der Waals surface area contributed by atoms with Crippen LogP contribution >= 0.6 is 0 Å². The van der Waals surface area contributed by atoms with Crippen LogP contribution in [0.25, 0.3) is 21.5 Å². The third-order valence-electron chi connectivity index (χ3n) is 5.05. The van der Waals surface area contributed by atoms with E-state index in [9.17, 15) is 4.79 Å². The summed E-state index contributed by atoms with van der Waals surface area (Å²) in [6, 6.07) is 25.5. The first-order valence-corrected chi connectivity index (χ1v) is 9.80. The molecule has 4 aromatic carbocycles. The zero-order valence-electron chi connectivity index (χ0n) is 16.9. The summed E-state index contributed by atoms with van der Waals surface area (Å²) < 4.78 is 5.15. The van der Waals surface area contributed by atoms with Gasteiger partial charge in [0, 0.05) is 11.3 Å². The molecule has 30 heavy (non-hydrogen) atoms. The van der Waals surface area contributed by atoms with Crippen LogP contribution in [-0.4, -0.2) is 25.3 Å². The third-order valence-corrected chi connectivity index (χ3v) is 5.05. The first kappa shape index (κ1) is 19.5. The van der Waals surface area contributed by atoms with E-state index in [0.717, 1.165) is 38.5 Å². The number of hydrogen-bond acceptors (Lipinski definition) is 4. The molecule has 0 spiro atoms. The Hall–Kier alpha value is -3.86. The molecule has 0 saturated heterocycles. The van der Waals surface area contributed by atoms with E-state index in [2.05, 4.69) is 46.2 Å². The van der Waals surface area contributed by atoms with Gasteiger partial charge in [0.2, 0.25) is 0 Å². The largest absolute Gasteiger partial charge is 0.497 e. The van der Waals surface area contributed by atoms with E-state index in [1.54, 1.807) is 20.2 Å². The lowest BCUT2D eigenvalue weighted by Gasteiger charge is -2.14. The Morgan fingerprint density at radius 2 is 1.53 bits per heavy atom. The first-order valence-electron chi connectivity index (χ1n) is 9.80. The minimum absolute atomic E-state index is 0.216. The number of anilines is 1. The zero-order valence-corrected chi connectivity index (χ0v) is 16.9. The summed E-state index contributed by atoms with van der Waals surface area (Å²) in [6.07, 6.45) is 1.72. The topological polar surface area (TPSA) is 62.7 Å². The number of carbonyl (C=O) groups excluding carboxylic acids is 1. The van der Waals surface area contributed by atoms with Crippen LogP contribution in [0.2, 0.25) is 0 Å². The Morgan fingerprint density at radius 3 is 2.13 bits per heavy atom. The van der Waals surface area contributed by atoms with Gasteiger partial charge < -0.3 is 10.1 Å². The van der Waals surface area contributed by atoms with E-state index in [1.165, 1.54) is 0 Å². The summed E-state index contributed by atoms with van der Waals surface area (Å²) in [4.78, 5) is 12.5. The van der Waals surface area contributed by atoms with Gasteiger partial charge in [-0.2, -0.15) is 5.10 Å². The molecule has 0 saturated carbocycles. The summed E-state index contributed by atoms with van der Waals surface area (Å²) in [6.45, 7) is 1.79. The molecule has 0 radical (unpaired) electrons. The highest BCUT2D eigenvalue weighted by molar-refractivity contribution is 6.13. The van der Waals surface area contributed by atoms with E-state index in [-0.39, 0.29) is 5.91 Å². The number of amides is 1. The average Bonchev–Trinajstić information content (AvgIpc) is 2.79.